The highest BCUT2D eigenvalue weighted by Crippen LogP contribution is 2.27. The van der Waals surface area contributed by atoms with Crippen LogP contribution in [0.5, 0.6) is 0 Å². The van der Waals surface area contributed by atoms with Crippen molar-refractivity contribution < 1.29 is 4.79 Å². The Labute approximate surface area is 127 Å². The zero-order valence-corrected chi connectivity index (χ0v) is 13.3. The predicted molar refractivity (Wildman–Crippen MR) is 84.3 cm³/mol. The van der Waals surface area contributed by atoms with E-state index in [9.17, 15) is 4.79 Å². The van der Waals surface area contributed by atoms with Gasteiger partial charge >= 0.3 is 0 Å². The van der Waals surface area contributed by atoms with Gasteiger partial charge in [0, 0.05) is 19.6 Å². The van der Waals surface area contributed by atoms with Crippen molar-refractivity contribution in [2.75, 3.05) is 18.9 Å². The SMILES string of the molecule is CCCNc1cncc(C(=O)N(C)C2CCC(C)CC2)n1. The first kappa shape index (κ1) is 15.7. The molecule has 0 unspecified atom stereocenters. The topological polar surface area (TPSA) is 58.1 Å². The summed E-state index contributed by atoms with van der Waals surface area (Å²) in [6.45, 7) is 5.21. The number of carbonyl (C=O) groups excluding carboxylic acids is 1. The molecule has 1 amide bonds. The van der Waals surface area contributed by atoms with Gasteiger partial charge in [0.05, 0.1) is 12.4 Å². The van der Waals surface area contributed by atoms with Crippen LogP contribution in [0.4, 0.5) is 5.82 Å². The van der Waals surface area contributed by atoms with Crippen molar-refractivity contribution in [3.63, 3.8) is 0 Å². The number of amides is 1. The maximum Gasteiger partial charge on any atom is 0.274 e. The van der Waals surface area contributed by atoms with Crippen LogP contribution in [-0.2, 0) is 0 Å². The van der Waals surface area contributed by atoms with Crippen LogP contribution < -0.4 is 5.32 Å². The Morgan fingerprint density at radius 2 is 2.05 bits per heavy atom. The van der Waals surface area contributed by atoms with E-state index < -0.39 is 0 Å². The molecule has 0 saturated heterocycles. The van der Waals surface area contributed by atoms with Gasteiger partial charge in [0.1, 0.15) is 11.5 Å². The van der Waals surface area contributed by atoms with E-state index >= 15 is 0 Å². The first-order valence-corrected chi connectivity index (χ1v) is 7.95. The lowest BCUT2D eigenvalue weighted by molar-refractivity contribution is 0.0673. The average Bonchev–Trinajstić information content (AvgIpc) is 2.52. The van der Waals surface area contributed by atoms with Gasteiger partial charge in [0.25, 0.3) is 5.91 Å². The molecule has 5 nitrogen and oxygen atoms in total. The van der Waals surface area contributed by atoms with Gasteiger partial charge in [-0.05, 0) is 38.0 Å². The normalized spacial score (nSPS) is 21.9. The Morgan fingerprint density at radius 3 is 2.71 bits per heavy atom. The van der Waals surface area contributed by atoms with Crippen molar-refractivity contribution in [2.45, 2.75) is 52.0 Å². The highest BCUT2D eigenvalue weighted by molar-refractivity contribution is 5.92. The van der Waals surface area contributed by atoms with Gasteiger partial charge in [0.15, 0.2) is 0 Å². The molecular formula is C16H26N4O. The Bertz CT molecular complexity index is 469. The van der Waals surface area contributed by atoms with Crippen molar-refractivity contribution >= 4 is 11.7 Å². The molecule has 0 radical (unpaired) electrons. The first-order chi connectivity index (χ1) is 10.1. The Morgan fingerprint density at radius 1 is 1.33 bits per heavy atom. The number of nitrogens with one attached hydrogen (secondary N) is 1. The number of aromatic nitrogens is 2. The summed E-state index contributed by atoms with van der Waals surface area (Å²) in [7, 11) is 1.89. The van der Waals surface area contributed by atoms with Crippen LogP contribution in [0, 0.1) is 5.92 Å². The van der Waals surface area contributed by atoms with Gasteiger partial charge in [-0.1, -0.05) is 13.8 Å². The molecule has 2 rings (SSSR count). The van der Waals surface area contributed by atoms with E-state index in [0.717, 1.165) is 31.7 Å². The molecule has 0 aromatic carbocycles. The highest BCUT2D eigenvalue weighted by atomic mass is 16.2. The fraction of sp³-hybridized carbons (Fsp3) is 0.688. The molecule has 1 fully saturated rings. The Kier molecular flexibility index (Phi) is 5.53. The van der Waals surface area contributed by atoms with Crippen molar-refractivity contribution in [2.24, 2.45) is 5.92 Å². The monoisotopic (exact) mass is 290 g/mol. The van der Waals surface area contributed by atoms with E-state index in [1.165, 1.54) is 12.8 Å². The lowest BCUT2D eigenvalue weighted by atomic mass is 9.86. The standard InChI is InChI=1S/C16H26N4O/c1-4-9-18-15-11-17-10-14(19-15)16(21)20(3)13-7-5-12(2)6-8-13/h10-13H,4-9H2,1-3H3,(H,18,19). The van der Waals surface area contributed by atoms with Gasteiger partial charge in [0.2, 0.25) is 0 Å². The average molecular weight is 290 g/mol. The minimum absolute atomic E-state index is 0.0257. The van der Waals surface area contributed by atoms with Crippen LogP contribution in [0.1, 0.15) is 56.4 Å². The van der Waals surface area contributed by atoms with Crippen LogP contribution >= 0.6 is 0 Å². The molecule has 5 heteroatoms. The zero-order valence-electron chi connectivity index (χ0n) is 13.3. The van der Waals surface area contributed by atoms with Crippen molar-refractivity contribution in [3.05, 3.63) is 18.1 Å². The Balaban J connectivity index is 2.01. The summed E-state index contributed by atoms with van der Waals surface area (Å²) >= 11 is 0. The molecule has 0 bridgehead atoms. The van der Waals surface area contributed by atoms with Crippen LogP contribution in [0.2, 0.25) is 0 Å². The molecule has 1 aliphatic carbocycles. The van der Waals surface area contributed by atoms with Gasteiger partial charge in [-0.15, -0.1) is 0 Å². The maximum absolute atomic E-state index is 12.5. The summed E-state index contributed by atoms with van der Waals surface area (Å²) < 4.78 is 0. The largest absolute Gasteiger partial charge is 0.369 e. The van der Waals surface area contributed by atoms with E-state index in [-0.39, 0.29) is 5.91 Å². The van der Waals surface area contributed by atoms with Crippen molar-refractivity contribution in [1.29, 1.82) is 0 Å². The number of hydrogen-bond acceptors (Lipinski definition) is 4. The number of rotatable bonds is 5. The van der Waals surface area contributed by atoms with E-state index in [0.29, 0.717) is 17.6 Å². The molecular weight excluding hydrogens is 264 g/mol. The van der Waals surface area contributed by atoms with E-state index in [1.807, 2.05) is 11.9 Å². The van der Waals surface area contributed by atoms with Crippen molar-refractivity contribution in [3.8, 4) is 0 Å². The third-order valence-electron chi connectivity index (χ3n) is 4.26. The Hall–Kier alpha value is -1.65. The smallest absolute Gasteiger partial charge is 0.274 e. The van der Waals surface area contributed by atoms with Crippen molar-refractivity contribution in [1.82, 2.24) is 14.9 Å². The molecule has 1 N–H and O–H groups in total. The molecule has 0 atom stereocenters. The molecule has 0 spiro atoms. The predicted octanol–water partition coefficient (Wildman–Crippen LogP) is 2.95. The molecule has 21 heavy (non-hydrogen) atoms. The molecule has 1 aliphatic rings. The number of anilines is 1. The van der Waals surface area contributed by atoms with Gasteiger partial charge in [-0.25, -0.2) is 4.98 Å². The van der Waals surface area contributed by atoms with Crippen LogP contribution in [-0.4, -0.2) is 40.4 Å². The molecule has 116 valence electrons. The van der Waals surface area contributed by atoms with Crippen LogP contribution in [0.3, 0.4) is 0 Å². The number of carbonyl (C=O) groups is 1. The second-order valence-corrected chi connectivity index (χ2v) is 6.05. The summed E-state index contributed by atoms with van der Waals surface area (Å²) in [5, 5.41) is 3.17. The third kappa shape index (κ3) is 4.16. The summed E-state index contributed by atoms with van der Waals surface area (Å²) in [6, 6.07) is 0.336. The molecule has 1 heterocycles. The van der Waals surface area contributed by atoms with E-state index in [2.05, 4.69) is 29.1 Å². The van der Waals surface area contributed by atoms with E-state index in [1.54, 1.807) is 12.4 Å². The minimum atomic E-state index is -0.0257. The van der Waals surface area contributed by atoms with Crippen LogP contribution in [0.15, 0.2) is 12.4 Å². The summed E-state index contributed by atoms with van der Waals surface area (Å²) in [4.78, 5) is 22.9. The van der Waals surface area contributed by atoms with Gasteiger partial charge in [-0.3, -0.25) is 9.78 Å². The highest BCUT2D eigenvalue weighted by Gasteiger charge is 2.26. The summed E-state index contributed by atoms with van der Waals surface area (Å²) in [6.07, 6.45) is 8.81. The fourth-order valence-electron chi connectivity index (χ4n) is 2.78. The third-order valence-corrected chi connectivity index (χ3v) is 4.26. The zero-order chi connectivity index (χ0) is 15.2. The van der Waals surface area contributed by atoms with Gasteiger partial charge < -0.3 is 10.2 Å². The number of nitrogens with zero attached hydrogens (tertiary/aromatic N) is 3. The molecule has 1 aromatic rings. The van der Waals surface area contributed by atoms with Gasteiger partial charge in [-0.2, -0.15) is 0 Å². The number of hydrogen-bond donors (Lipinski definition) is 1. The van der Waals surface area contributed by atoms with E-state index in [4.69, 9.17) is 0 Å². The fourth-order valence-corrected chi connectivity index (χ4v) is 2.78. The summed E-state index contributed by atoms with van der Waals surface area (Å²) in [5.74, 6) is 1.43. The lowest BCUT2D eigenvalue weighted by Gasteiger charge is -2.33. The quantitative estimate of drug-likeness (QED) is 0.906. The van der Waals surface area contributed by atoms with Crippen LogP contribution in [0.25, 0.3) is 0 Å². The minimum Gasteiger partial charge on any atom is -0.369 e. The lowest BCUT2D eigenvalue weighted by Crippen LogP contribution is -2.39. The second-order valence-electron chi connectivity index (χ2n) is 6.05. The first-order valence-electron chi connectivity index (χ1n) is 7.95. The molecule has 1 aromatic heterocycles. The molecule has 0 aliphatic heterocycles. The second kappa shape index (κ2) is 7.38. The molecule has 1 saturated carbocycles. The maximum atomic E-state index is 12.5. The summed E-state index contributed by atoms with van der Waals surface area (Å²) in [5.41, 5.74) is 0.428.